The predicted molar refractivity (Wildman–Crippen MR) is 79.4 cm³/mol. The Bertz CT molecular complexity index is 430. The number of primary amides is 1. The number of amides is 3. The van der Waals surface area contributed by atoms with Gasteiger partial charge in [-0.1, -0.05) is 15.9 Å². The fourth-order valence-electron chi connectivity index (χ4n) is 1.62. The number of allylic oxidation sites excluding steroid dienone is 1. The molecular weight excluding hydrogens is 350 g/mol. The van der Waals surface area contributed by atoms with Crippen LogP contribution >= 0.6 is 27.7 Å². The minimum Gasteiger partial charge on any atom is -0.480 e. The number of rotatable bonds is 7. The van der Waals surface area contributed by atoms with E-state index in [4.69, 9.17) is 10.8 Å². The number of hydrogen-bond donors (Lipinski definition) is 4. The van der Waals surface area contributed by atoms with Crippen LogP contribution in [0, 0.1) is 0 Å². The van der Waals surface area contributed by atoms with Crippen molar-refractivity contribution >= 4 is 45.6 Å². The van der Waals surface area contributed by atoms with Crippen molar-refractivity contribution in [3.8, 4) is 0 Å². The lowest BCUT2D eigenvalue weighted by atomic mass is 10.1. The van der Waals surface area contributed by atoms with E-state index in [1.54, 1.807) is 0 Å². The molecule has 1 aliphatic rings. The topological polar surface area (TPSA) is 122 Å². The standard InChI is InChI=1S/C11H16BrN3O4S/c12-6-4-8(20-5-6)9(16)15-7(10(17)18)2-1-3-14-11(13)19/h5,7-8H,1-4H2,(H,15,16)(H,17,18)(H3,13,14,19). The number of hydrogen-bond acceptors (Lipinski definition) is 4. The molecule has 9 heteroatoms. The minimum absolute atomic E-state index is 0.230. The van der Waals surface area contributed by atoms with Crippen molar-refractivity contribution in [2.24, 2.45) is 5.73 Å². The molecule has 0 saturated heterocycles. The Hall–Kier alpha value is -1.22. The number of aliphatic carboxylic acids is 1. The lowest BCUT2D eigenvalue weighted by Gasteiger charge is -2.17. The van der Waals surface area contributed by atoms with E-state index < -0.39 is 18.0 Å². The Morgan fingerprint density at radius 3 is 2.75 bits per heavy atom. The van der Waals surface area contributed by atoms with E-state index in [1.165, 1.54) is 11.8 Å². The van der Waals surface area contributed by atoms with Crippen molar-refractivity contribution in [3.63, 3.8) is 0 Å². The Morgan fingerprint density at radius 2 is 2.25 bits per heavy atom. The maximum Gasteiger partial charge on any atom is 0.326 e. The normalized spacial score (nSPS) is 19.1. The molecule has 2 unspecified atom stereocenters. The molecule has 1 aliphatic heterocycles. The maximum atomic E-state index is 11.9. The van der Waals surface area contributed by atoms with Crippen LogP contribution in [0.4, 0.5) is 4.79 Å². The Kier molecular flexibility index (Phi) is 6.86. The average molecular weight is 366 g/mol. The molecule has 3 amide bonds. The molecule has 0 fully saturated rings. The van der Waals surface area contributed by atoms with Crippen LogP contribution in [0.2, 0.25) is 0 Å². The van der Waals surface area contributed by atoms with Gasteiger partial charge in [0, 0.05) is 17.4 Å². The number of carboxylic acids is 1. The van der Waals surface area contributed by atoms with Crippen LogP contribution in [0.1, 0.15) is 19.3 Å². The van der Waals surface area contributed by atoms with E-state index in [0.717, 1.165) is 4.48 Å². The second-order valence-electron chi connectivity index (χ2n) is 4.23. The molecule has 0 saturated carbocycles. The number of nitrogens with one attached hydrogen (secondary N) is 2. The first-order chi connectivity index (χ1) is 9.40. The summed E-state index contributed by atoms with van der Waals surface area (Å²) in [6, 6.07) is -1.61. The summed E-state index contributed by atoms with van der Waals surface area (Å²) < 4.78 is 0.931. The lowest BCUT2D eigenvalue weighted by molar-refractivity contribution is -0.141. The summed E-state index contributed by atoms with van der Waals surface area (Å²) in [5.74, 6) is -1.39. The van der Waals surface area contributed by atoms with Gasteiger partial charge in [-0.2, -0.15) is 0 Å². The third-order valence-corrected chi connectivity index (χ3v) is 4.60. The van der Waals surface area contributed by atoms with Gasteiger partial charge in [-0.05, 0) is 18.2 Å². The Balaban J connectivity index is 2.37. The van der Waals surface area contributed by atoms with Gasteiger partial charge in [-0.3, -0.25) is 4.79 Å². The van der Waals surface area contributed by atoms with Gasteiger partial charge in [0.2, 0.25) is 5.91 Å². The molecule has 20 heavy (non-hydrogen) atoms. The van der Waals surface area contributed by atoms with Crippen LogP contribution in [-0.2, 0) is 9.59 Å². The highest BCUT2D eigenvalue weighted by Gasteiger charge is 2.28. The molecule has 0 aromatic rings. The van der Waals surface area contributed by atoms with Crippen LogP contribution in [0.25, 0.3) is 0 Å². The van der Waals surface area contributed by atoms with Gasteiger partial charge in [0.1, 0.15) is 6.04 Å². The monoisotopic (exact) mass is 365 g/mol. The molecule has 0 aliphatic carbocycles. The SMILES string of the molecule is NC(=O)NCCCC(NC(=O)C1CC(Br)=CS1)C(=O)O. The smallest absolute Gasteiger partial charge is 0.326 e. The molecule has 5 N–H and O–H groups in total. The molecule has 112 valence electrons. The van der Waals surface area contributed by atoms with Crippen molar-refractivity contribution in [2.45, 2.75) is 30.6 Å². The molecule has 0 bridgehead atoms. The molecular formula is C11H16BrN3O4S. The van der Waals surface area contributed by atoms with E-state index in [9.17, 15) is 14.4 Å². The number of carboxylic acid groups (broad SMARTS) is 1. The van der Waals surface area contributed by atoms with Crippen molar-refractivity contribution in [1.82, 2.24) is 10.6 Å². The highest BCUT2D eigenvalue weighted by Crippen LogP contribution is 2.33. The molecule has 7 nitrogen and oxygen atoms in total. The number of nitrogens with two attached hydrogens (primary N) is 1. The largest absolute Gasteiger partial charge is 0.480 e. The Labute approximate surface area is 128 Å². The fourth-order valence-corrected chi connectivity index (χ4v) is 3.36. The van der Waals surface area contributed by atoms with Crippen molar-refractivity contribution in [3.05, 3.63) is 9.89 Å². The third kappa shape index (κ3) is 5.83. The van der Waals surface area contributed by atoms with E-state index in [0.29, 0.717) is 12.8 Å². The molecule has 0 aromatic carbocycles. The molecule has 1 heterocycles. The van der Waals surface area contributed by atoms with Gasteiger partial charge >= 0.3 is 12.0 Å². The average Bonchev–Trinajstić information content (AvgIpc) is 2.79. The van der Waals surface area contributed by atoms with Crippen LogP contribution in [0.5, 0.6) is 0 Å². The van der Waals surface area contributed by atoms with Crippen molar-refractivity contribution < 1.29 is 19.5 Å². The summed E-state index contributed by atoms with van der Waals surface area (Å²) in [7, 11) is 0. The zero-order valence-electron chi connectivity index (χ0n) is 10.6. The van der Waals surface area contributed by atoms with Gasteiger partial charge in [-0.15, -0.1) is 11.8 Å². The van der Waals surface area contributed by atoms with Crippen LogP contribution in [0.15, 0.2) is 9.89 Å². The summed E-state index contributed by atoms with van der Waals surface area (Å²) in [6.07, 6.45) is 1.21. The molecule has 1 rings (SSSR count). The van der Waals surface area contributed by atoms with Crippen molar-refractivity contribution in [2.75, 3.05) is 6.54 Å². The van der Waals surface area contributed by atoms with Gasteiger partial charge in [0.05, 0.1) is 5.25 Å². The quantitative estimate of drug-likeness (QED) is 0.496. The van der Waals surface area contributed by atoms with E-state index in [-0.39, 0.29) is 24.1 Å². The number of urea groups is 1. The fraction of sp³-hybridized carbons (Fsp3) is 0.545. The number of carbonyl (C=O) groups excluding carboxylic acids is 2. The van der Waals surface area contributed by atoms with Gasteiger partial charge in [0.15, 0.2) is 0 Å². The highest BCUT2D eigenvalue weighted by molar-refractivity contribution is 9.11. The van der Waals surface area contributed by atoms with Crippen molar-refractivity contribution in [1.29, 1.82) is 0 Å². The van der Waals surface area contributed by atoms with Crippen LogP contribution in [0.3, 0.4) is 0 Å². The number of carbonyl (C=O) groups is 3. The van der Waals surface area contributed by atoms with Gasteiger partial charge in [0.25, 0.3) is 0 Å². The van der Waals surface area contributed by atoms with E-state index >= 15 is 0 Å². The number of thioether (sulfide) groups is 1. The lowest BCUT2D eigenvalue weighted by Crippen LogP contribution is -2.44. The first kappa shape index (κ1) is 16.8. The molecule has 0 radical (unpaired) electrons. The summed E-state index contributed by atoms with van der Waals surface area (Å²) in [5, 5.41) is 15.5. The summed E-state index contributed by atoms with van der Waals surface area (Å²) in [4.78, 5) is 33.5. The van der Waals surface area contributed by atoms with E-state index in [1.807, 2.05) is 5.41 Å². The Morgan fingerprint density at radius 1 is 1.55 bits per heavy atom. The molecule has 2 atom stereocenters. The van der Waals surface area contributed by atoms with Gasteiger partial charge < -0.3 is 21.5 Å². The zero-order chi connectivity index (χ0) is 15.1. The summed E-state index contributed by atoms with van der Waals surface area (Å²) >= 11 is 4.66. The first-order valence-electron chi connectivity index (χ1n) is 5.96. The predicted octanol–water partition coefficient (Wildman–Crippen LogP) is 0.746. The summed E-state index contributed by atoms with van der Waals surface area (Å²) in [6.45, 7) is 0.278. The van der Waals surface area contributed by atoms with Gasteiger partial charge in [-0.25, -0.2) is 9.59 Å². The minimum atomic E-state index is -1.09. The second kappa shape index (κ2) is 8.15. The number of halogens is 1. The first-order valence-corrected chi connectivity index (χ1v) is 7.70. The molecule has 0 spiro atoms. The zero-order valence-corrected chi connectivity index (χ0v) is 13.0. The third-order valence-electron chi connectivity index (χ3n) is 2.62. The summed E-state index contributed by atoms with van der Waals surface area (Å²) in [5.41, 5.74) is 4.90. The van der Waals surface area contributed by atoms with E-state index in [2.05, 4.69) is 26.6 Å². The second-order valence-corrected chi connectivity index (χ2v) is 6.32. The maximum absolute atomic E-state index is 11.9. The molecule has 0 aromatic heterocycles. The van der Waals surface area contributed by atoms with Crippen LogP contribution in [-0.4, -0.2) is 40.9 Å². The highest BCUT2D eigenvalue weighted by atomic mass is 79.9. The van der Waals surface area contributed by atoms with Crippen LogP contribution < -0.4 is 16.4 Å².